The second kappa shape index (κ2) is 8.24. The Kier molecular flexibility index (Phi) is 9.41. The summed E-state index contributed by atoms with van der Waals surface area (Å²) in [5, 5.41) is 7.00. The molecular formula is C10H19NO. The Bertz CT molecular complexity index is 182. The molecule has 1 aromatic carbocycles. The van der Waals surface area contributed by atoms with E-state index in [9.17, 15) is 0 Å². The fourth-order valence-corrected chi connectivity index (χ4v) is 0.724. The highest BCUT2D eigenvalue weighted by Crippen LogP contribution is 2.00. The molecule has 2 heteroatoms. The van der Waals surface area contributed by atoms with Gasteiger partial charge in [-0.25, -0.2) is 0 Å². The van der Waals surface area contributed by atoms with Gasteiger partial charge in [-0.1, -0.05) is 37.3 Å². The highest BCUT2D eigenvalue weighted by atomic mass is 16.2. The van der Waals surface area contributed by atoms with E-state index < -0.39 is 0 Å². The van der Waals surface area contributed by atoms with Crippen LogP contribution < -0.4 is 5.73 Å². The Morgan fingerprint density at radius 1 is 1.17 bits per heavy atom. The van der Waals surface area contributed by atoms with E-state index in [2.05, 4.69) is 31.2 Å². The summed E-state index contributed by atoms with van der Waals surface area (Å²) in [6, 6.07) is 8.25. The van der Waals surface area contributed by atoms with E-state index in [0.29, 0.717) is 6.54 Å². The Balaban J connectivity index is 0. The van der Waals surface area contributed by atoms with Gasteiger partial charge in [0.2, 0.25) is 0 Å². The van der Waals surface area contributed by atoms with E-state index in [-0.39, 0.29) is 7.43 Å². The van der Waals surface area contributed by atoms with Crippen molar-refractivity contribution in [1.29, 1.82) is 0 Å². The summed E-state index contributed by atoms with van der Waals surface area (Å²) in [7, 11) is 1.00. The summed E-state index contributed by atoms with van der Waals surface area (Å²) in [4.78, 5) is 0. The number of rotatable bonds is 1. The minimum Gasteiger partial charge on any atom is -0.400 e. The number of aliphatic hydroxyl groups excluding tert-OH is 1. The third-order valence-corrected chi connectivity index (χ3v) is 1.36. The maximum atomic E-state index is 7.00. The zero-order valence-corrected chi connectivity index (χ0v) is 7.04. The smallest absolute Gasteiger partial charge is 0.0319 e. The van der Waals surface area contributed by atoms with Gasteiger partial charge in [-0.2, -0.15) is 0 Å². The van der Waals surface area contributed by atoms with Crippen LogP contribution in [-0.4, -0.2) is 12.2 Å². The third-order valence-electron chi connectivity index (χ3n) is 1.36. The molecule has 2 nitrogen and oxygen atoms in total. The van der Waals surface area contributed by atoms with Crippen molar-refractivity contribution in [3.63, 3.8) is 0 Å². The van der Waals surface area contributed by atoms with E-state index in [1.807, 2.05) is 0 Å². The fraction of sp³-hybridized carbons (Fsp3) is 0.400. The second-order valence-electron chi connectivity index (χ2n) is 2.19. The molecule has 0 aliphatic carbocycles. The average molecular weight is 169 g/mol. The van der Waals surface area contributed by atoms with Gasteiger partial charge in [-0.05, 0) is 12.5 Å². The van der Waals surface area contributed by atoms with Crippen LogP contribution in [0.4, 0.5) is 0 Å². The molecule has 1 rings (SSSR count). The molecule has 3 N–H and O–H groups in total. The molecule has 1 aromatic rings. The van der Waals surface area contributed by atoms with Crippen molar-refractivity contribution in [2.75, 3.05) is 7.11 Å². The molecule has 0 aromatic heterocycles. The molecule has 0 atom stereocenters. The van der Waals surface area contributed by atoms with Gasteiger partial charge >= 0.3 is 0 Å². The summed E-state index contributed by atoms with van der Waals surface area (Å²) >= 11 is 0. The first-order valence-electron chi connectivity index (χ1n) is 3.53. The standard InChI is InChI=1S/C8H11N.CH4O.CH4/c1-7-2-4-8(6-9)5-3-7;1-2;/h2-5H,6,9H2,1H3;2H,1H3;1H4. The lowest BCUT2D eigenvalue weighted by molar-refractivity contribution is 0.399. The van der Waals surface area contributed by atoms with Crippen molar-refractivity contribution in [3.8, 4) is 0 Å². The zero-order valence-electron chi connectivity index (χ0n) is 7.04. The fourth-order valence-electron chi connectivity index (χ4n) is 0.724. The van der Waals surface area contributed by atoms with Crippen LogP contribution in [-0.2, 0) is 6.54 Å². The maximum absolute atomic E-state index is 7.00. The summed E-state index contributed by atoms with van der Waals surface area (Å²) in [5.41, 5.74) is 7.88. The van der Waals surface area contributed by atoms with Crippen molar-refractivity contribution in [1.82, 2.24) is 0 Å². The topological polar surface area (TPSA) is 46.2 Å². The Hall–Kier alpha value is -0.860. The molecule has 0 radical (unpaired) electrons. The maximum Gasteiger partial charge on any atom is 0.0319 e. The summed E-state index contributed by atoms with van der Waals surface area (Å²) in [6.07, 6.45) is 0. The van der Waals surface area contributed by atoms with Crippen molar-refractivity contribution >= 4 is 0 Å². The van der Waals surface area contributed by atoms with Gasteiger partial charge in [0.1, 0.15) is 0 Å². The molecule has 0 aliphatic heterocycles. The van der Waals surface area contributed by atoms with Crippen LogP contribution in [0.1, 0.15) is 18.6 Å². The first kappa shape index (κ1) is 13.7. The quantitative estimate of drug-likeness (QED) is 0.672. The number of benzene rings is 1. The van der Waals surface area contributed by atoms with Crippen molar-refractivity contribution in [2.45, 2.75) is 20.9 Å². The van der Waals surface area contributed by atoms with Gasteiger partial charge in [0.05, 0.1) is 0 Å². The summed E-state index contributed by atoms with van der Waals surface area (Å²) in [6.45, 7) is 2.71. The summed E-state index contributed by atoms with van der Waals surface area (Å²) in [5.74, 6) is 0. The Morgan fingerprint density at radius 3 is 1.92 bits per heavy atom. The minimum atomic E-state index is 0. The number of nitrogens with two attached hydrogens (primary N) is 1. The SMILES string of the molecule is C.CO.Cc1ccc(CN)cc1. The predicted octanol–water partition coefficient (Wildman–Crippen LogP) is 1.70. The van der Waals surface area contributed by atoms with Crippen LogP contribution in [0.3, 0.4) is 0 Å². The van der Waals surface area contributed by atoms with Crippen LogP contribution in [0.15, 0.2) is 24.3 Å². The second-order valence-corrected chi connectivity index (χ2v) is 2.19. The zero-order chi connectivity index (χ0) is 8.69. The predicted molar refractivity (Wildman–Crippen MR) is 53.9 cm³/mol. The van der Waals surface area contributed by atoms with Crippen LogP contribution >= 0.6 is 0 Å². The first-order chi connectivity index (χ1) is 5.33. The largest absolute Gasteiger partial charge is 0.400 e. The van der Waals surface area contributed by atoms with Crippen molar-refractivity contribution < 1.29 is 5.11 Å². The first-order valence-corrected chi connectivity index (χ1v) is 3.53. The molecule has 0 saturated carbocycles. The van der Waals surface area contributed by atoms with Crippen molar-refractivity contribution in [3.05, 3.63) is 35.4 Å². The van der Waals surface area contributed by atoms with Crippen LogP contribution in [0.5, 0.6) is 0 Å². The molecule has 0 fully saturated rings. The van der Waals surface area contributed by atoms with E-state index in [1.165, 1.54) is 11.1 Å². The Morgan fingerprint density at radius 2 is 1.58 bits per heavy atom. The summed E-state index contributed by atoms with van der Waals surface area (Å²) < 4.78 is 0. The van der Waals surface area contributed by atoms with Crippen molar-refractivity contribution in [2.24, 2.45) is 5.73 Å². The van der Waals surface area contributed by atoms with E-state index in [1.54, 1.807) is 0 Å². The normalized spacial score (nSPS) is 7.67. The molecule has 0 unspecified atom stereocenters. The van der Waals surface area contributed by atoms with E-state index >= 15 is 0 Å². The highest BCUT2D eigenvalue weighted by Gasteiger charge is 1.84. The number of hydrogen-bond donors (Lipinski definition) is 2. The molecule has 0 bridgehead atoms. The van der Waals surface area contributed by atoms with Crippen LogP contribution in [0, 0.1) is 6.92 Å². The molecule has 0 spiro atoms. The number of hydrogen-bond acceptors (Lipinski definition) is 2. The van der Waals surface area contributed by atoms with Gasteiger partial charge in [0, 0.05) is 13.7 Å². The number of aliphatic hydroxyl groups is 1. The van der Waals surface area contributed by atoms with Gasteiger partial charge in [0.25, 0.3) is 0 Å². The van der Waals surface area contributed by atoms with Gasteiger partial charge in [-0.15, -0.1) is 0 Å². The lowest BCUT2D eigenvalue weighted by atomic mass is 10.2. The number of aryl methyl sites for hydroxylation is 1. The molecule has 0 aliphatic rings. The molecule has 0 amide bonds. The molecule has 70 valence electrons. The van der Waals surface area contributed by atoms with Gasteiger partial charge < -0.3 is 10.8 Å². The minimum absolute atomic E-state index is 0. The Labute approximate surface area is 75.0 Å². The van der Waals surface area contributed by atoms with E-state index in [4.69, 9.17) is 10.8 Å². The lowest BCUT2D eigenvalue weighted by Gasteiger charge is -1.94. The average Bonchev–Trinajstić information content (AvgIpc) is 2.10. The molecular weight excluding hydrogens is 150 g/mol. The van der Waals surface area contributed by atoms with Crippen LogP contribution in [0.25, 0.3) is 0 Å². The monoisotopic (exact) mass is 169 g/mol. The molecule has 12 heavy (non-hydrogen) atoms. The van der Waals surface area contributed by atoms with Gasteiger partial charge in [-0.3, -0.25) is 0 Å². The van der Waals surface area contributed by atoms with Gasteiger partial charge in [0.15, 0.2) is 0 Å². The van der Waals surface area contributed by atoms with E-state index in [0.717, 1.165) is 7.11 Å². The third kappa shape index (κ3) is 4.88. The lowest BCUT2D eigenvalue weighted by Crippen LogP contribution is -1.94. The molecule has 0 heterocycles. The molecule has 0 saturated heterocycles. The van der Waals surface area contributed by atoms with Crippen LogP contribution in [0.2, 0.25) is 0 Å². The highest BCUT2D eigenvalue weighted by molar-refractivity contribution is 5.20.